The fourth-order valence-electron chi connectivity index (χ4n) is 2.66. The molecule has 78 valence electrons. The highest BCUT2D eigenvalue weighted by Crippen LogP contribution is 2.38. The summed E-state index contributed by atoms with van der Waals surface area (Å²) >= 11 is 0. The van der Waals surface area contributed by atoms with E-state index in [1.165, 1.54) is 43.5 Å². The van der Waals surface area contributed by atoms with E-state index >= 15 is 0 Å². The van der Waals surface area contributed by atoms with Gasteiger partial charge >= 0.3 is 0 Å². The number of H-pyrrole nitrogens is 1. The van der Waals surface area contributed by atoms with Crippen molar-refractivity contribution in [1.82, 2.24) is 9.97 Å². The summed E-state index contributed by atoms with van der Waals surface area (Å²) in [6.07, 6.45) is 8.14. The zero-order valence-electron chi connectivity index (χ0n) is 8.84. The molecule has 0 atom stereocenters. The molecule has 1 fully saturated rings. The molecule has 1 aliphatic carbocycles. The van der Waals surface area contributed by atoms with Crippen molar-refractivity contribution in [2.45, 2.75) is 44.4 Å². The number of rotatable bonds is 2. The molecule has 0 aromatic carbocycles. The molecule has 1 aromatic heterocycles. The molecule has 0 saturated heterocycles. The molecule has 0 aliphatic heterocycles. The standard InChI is InChI=1S/C11H19N3/c1-9-10(14-8-13-9)11(7-12)5-3-2-4-6-11/h8H,2-7,12H2,1H3,(H,13,14). The topological polar surface area (TPSA) is 54.7 Å². The minimum absolute atomic E-state index is 0.169. The van der Waals surface area contributed by atoms with Crippen LogP contribution in [0.15, 0.2) is 6.33 Å². The summed E-state index contributed by atoms with van der Waals surface area (Å²) in [6.45, 7) is 2.83. The van der Waals surface area contributed by atoms with Crippen molar-refractivity contribution in [2.24, 2.45) is 5.73 Å². The van der Waals surface area contributed by atoms with E-state index in [-0.39, 0.29) is 5.41 Å². The summed E-state index contributed by atoms with van der Waals surface area (Å²) in [7, 11) is 0. The van der Waals surface area contributed by atoms with Crippen LogP contribution in [0.4, 0.5) is 0 Å². The molecule has 1 aromatic rings. The first kappa shape index (κ1) is 9.71. The van der Waals surface area contributed by atoms with Crippen LogP contribution in [0, 0.1) is 6.92 Å². The molecule has 0 spiro atoms. The third kappa shape index (κ3) is 1.46. The highest BCUT2D eigenvalue weighted by atomic mass is 14.9. The van der Waals surface area contributed by atoms with Crippen LogP contribution in [0.3, 0.4) is 0 Å². The van der Waals surface area contributed by atoms with Gasteiger partial charge in [0.1, 0.15) is 0 Å². The van der Waals surface area contributed by atoms with E-state index in [2.05, 4.69) is 16.9 Å². The van der Waals surface area contributed by atoms with E-state index in [4.69, 9.17) is 5.73 Å². The van der Waals surface area contributed by atoms with Crippen LogP contribution in [0.2, 0.25) is 0 Å². The third-order valence-electron chi connectivity index (χ3n) is 3.53. The van der Waals surface area contributed by atoms with Crippen LogP contribution in [0.5, 0.6) is 0 Å². The normalized spacial score (nSPS) is 21.0. The molecule has 2 rings (SSSR count). The summed E-state index contributed by atoms with van der Waals surface area (Å²) in [6, 6.07) is 0. The van der Waals surface area contributed by atoms with E-state index in [0.29, 0.717) is 0 Å². The van der Waals surface area contributed by atoms with Crippen LogP contribution in [-0.4, -0.2) is 16.5 Å². The molecule has 0 radical (unpaired) electrons. The molecule has 1 saturated carbocycles. The smallest absolute Gasteiger partial charge is 0.0925 e. The Hall–Kier alpha value is -0.830. The first-order valence-electron chi connectivity index (χ1n) is 5.49. The molecule has 3 N–H and O–H groups in total. The highest BCUT2D eigenvalue weighted by Gasteiger charge is 2.35. The number of imidazole rings is 1. The van der Waals surface area contributed by atoms with Gasteiger partial charge in [-0.3, -0.25) is 0 Å². The van der Waals surface area contributed by atoms with Crippen LogP contribution in [0.25, 0.3) is 0 Å². The number of aromatic nitrogens is 2. The molecule has 0 amide bonds. The van der Waals surface area contributed by atoms with E-state index in [1.54, 1.807) is 6.33 Å². The lowest BCUT2D eigenvalue weighted by Gasteiger charge is -2.35. The summed E-state index contributed by atoms with van der Waals surface area (Å²) in [5, 5.41) is 0. The summed E-state index contributed by atoms with van der Waals surface area (Å²) in [4.78, 5) is 7.61. The summed E-state index contributed by atoms with van der Waals surface area (Å²) in [5.41, 5.74) is 8.51. The summed E-state index contributed by atoms with van der Waals surface area (Å²) < 4.78 is 0. The molecular formula is C11H19N3. The molecule has 1 heterocycles. The zero-order chi connectivity index (χ0) is 10.0. The number of aromatic amines is 1. The van der Waals surface area contributed by atoms with Gasteiger partial charge < -0.3 is 10.7 Å². The van der Waals surface area contributed by atoms with Gasteiger partial charge in [-0.15, -0.1) is 0 Å². The Kier molecular flexibility index (Phi) is 2.59. The third-order valence-corrected chi connectivity index (χ3v) is 3.53. The van der Waals surface area contributed by atoms with Gasteiger partial charge in [0.05, 0.1) is 12.0 Å². The van der Waals surface area contributed by atoms with E-state index in [1.807, 2.05) is 0 Å². The minimum atomic E-state index is 0.169. The van der Waals surface area contributed by atoms with Crippen LogP contribution >= 0.6 is 0 Å². The second-order valence-electron chi connectivity index (χ2n) is 4.42. The minimum Gasteiger partial charge on any atom is -0.348 e. The van der Waals surface area contributed by atoms with Gasteiger partial charge in [0.2, 0.25) is 0 Å². The highest BCUT2D eigenvalue weighted by molar-refractivity contribution is 5.22. The Morgan fingerprint density at radius 3 is 2.64 bits per heavy atom. The quantitative estimate of drug-likeness (QED) is 0.753. The van der Waals surface area contributed by atoms with Gasteiger partial charge in [0.15, 0.2) is 0 Å². The first-order valence-corrected chi connectivity index (χ1v) is 5.49. The Balaban J connectivity index is 2.31. The van der Waals surface area contributed by atoms with Gasteiger partial charge in [-0.05, 0) is 19.8 Å². The van der Waals surface area contributed by atoms with Crippen molar-refractivity contribution in [3.63, 3.8) is 0 Å². The van der Waals surface area contributed by atoms with Crippen molar-refractivity contribution in [3.8, 4) is 0 Å². The average Bonchev–Trinajstić information content (AvgIpc) is 2.66. The fraction of sp³-hybridized carbons (Fsp3) is 0.727. The monoisotopic (exact) mass is 193 g/mol. The van der Waals surface area contributed by atoms with Crippen LogP contribution < -0.4 is 5.73 Å². The van der Waals surface area contributed by atoms with E-state index in [9.17, 15) is 0 Å². The number of aryl methyl sites for hydroxylation is 1. The maximum absolute atomic E-state index is 5.94. The van der Waals surface area contributed by atoms with Crippen LogP contribution in [0.1, 0.15) is 43.5 Å². The Morgan fingerprint density at radius 1 is 1.43 bits per heavy atom. The number of nitrogens with one attached hydrogen (secondary N) is 1. The number of hydrogen-bond acceptors (Lipinski definition) is 2. The van der Waals surface area contributed by atoms with Gasteiger partial charge in [0.25, 0.3) is 0 Å². The maximum atomic E-state index is 5.94. The lowest BCUT2D eigenvalue weighted by Crippen LogP contribution is -2.38. The molecular weight excluding hydrogens is 174 g/mol. The second-order valence-corrected chi connectivity index (χ2v) is 4.42. The lowest BCUT2D eigenvalue weighted by molar-refractivity contribution is 0.293. The van der Waals surface area contributed by atoms with Crippen molar-refractivity contribution in [2.75, 3.05) is 6.54 Å². The van der Waals surface area contributed by atoms with Gasteiger partial charge in [0, 0.05) is 17.7 Å². The largest absolute Gasteiger partial charge is 0.348 e. The predicted molar refractivity (Wildman–Crippen MR) is 57.1 cm³/mol. The molecule has 1 aliphatic rings. The molecule has 3 nitrogen and oxygen atoms in total. The van der Waals surface area contributed by atoms with Gasteiger partial charge in [-0.25, -0.2) is 4.98 Å². The number of nitrogens with zero attached hydrogens (tertiary/aromatic N) is 1. The van der Waals surface area contributed by atoms with E-state index in [0.717, 1.165) is 6.54 Å². The molecule has 3 heteroatoms. The van der Waals surface area contributed by atoms with Crippen molar-refractivity contribution in [1.29, 1.82) is 0 Å². The first-order chi connectivity index (χ1) is 6.78. The maximum Gasteiger partial charge on any atom is 0.0925 e. The van der Waals surface area contributed by atoms with Crippen molar-refractivity contribution >= 4 is 0 Å². The molecule has 0 bridgehead atoms. The predicted octanol–water partition coefficient (Wildman–Crippen LogP) is 1.88. The van der Waals surface area contributed by atoms with Gasteiger partial charge in [-0.1, -0.05) is 19.3 Å². The second kappa shape index (κ2) is 3.73. The Labute approximate surface area is 85.1 Å². The van der Waals surface area contributed by atoms with Crippen LogP contribution in [-0.2, 0) is 5.41 Å². The zero-order valence-corrected chi connectivity index (χ0v) is 8.84. The number of nitrogens with two attached hydrogens (primary N) is 1. The van der Waals surface area contributed by atoms with Crippen molar-refractivity contribution < 1.29 is 0 Å². The van der Waals surface area contributed by atoms with Crippen molar-refractivity contribution in [3.05, 3.63) is 17.7 Å². The number of hydrogen-bond donors (Lipinski definition) is 2. The van der Waals surface area contributed by atoms with E-state index < -0.39 is 0 Å². The fourth-order valence-corrected chi connectivity index (χ4v) is 2.66. The van der Waals surface area contributed by atoms with Gasteiger partial charge in [-0.2, -0.15) is 0 Å². The SMILES string of the molecule is Cc1[nH]cnc1C1(CN)CCCCC1. The summed E-state index contributed by atoms with van der Waals surface area (Å²) in [5.74, 6) is 0. The molecule has 0 unspecified atom stereocenters. The average molecular weight is 193 g/mol. The Bertz CT molecular complexity index is 297. The lowest BCUT2D eigenvalue weighted by atomic mass is 9.71. The molecule has 14 heavy (non-hydrogen) atoms. The Morgan fingerprint density at radius 2 is 2.14 bits per heavy atom.